The summed E-state index contributed by atoms with van der Waals surface area (Å²) in [7, 11) is 3.26. The zero-order valence-electron chi connectivity index (χ0n) is 14.2. The monoisotopic (exact) mass is 317 g/mol. The van der Waals surface area contributed by atoms with Gasteiger partial charge in [-0.2, -0.15) is 0 Å². The van der Waals surface area contributed by atoms with E-state index >= 15 is 0 Å². The average molecular weight is 317 g/mol. The first-order chi connectivity index (χ1) is 11.2. The van der Waals surface area contributed by atoms with Gasteiger partial charge in [0.25, 0.3) is 0 Å². The highest BCUT2D eigenvalue weighted by Gasteiger charge is 2.51. The maximum atomic E-state index is 12.9. The van der Waals surface area contributed by atoms with E-state index in [1.807, 2.05) is 18.2 Å². The Kier molecular flexibility index (Phi) is 4.79. The van der Waals surface area contributed by atoms with Crippen LogP contribution in [0, 0.1) is 0 Å². The van der Waals surface area contributed by atoms with E-state index in [4.69, 9.17) is 9.47 Å². The van der Waals surface area contributed by atoms with Crippen molar-refractivity contribution in [2.24, 2.45) is 0 Å². The van der Waals surface area contributed by atoms with Gasteiger partial charge in [-0.25, -0.2) is 0 Å². The second-order valence-electron chi connectivity index (χ2n) is 6.81. The first-order valence-corrected chi connectivity index (χ1v) is 8.73. The van der Waals surface area contributed by atoms with Gasteiger partial charge in [0.1, 0.15) is 0 Å². The second kappa shape index (κ2) is 6.81. The summed E-state index contributed by atoms with van der Waals surface area (Å²) in [6.45, 7) is 0. The van der Waals surface area contributed by atoms with Crippen LogP contribution in [-0.4, -0.2) is 26.2 Å². The van der Waals surface area contributed by atoms with Crippen molar-refractivity contribution in [1.82, 2.24) is 5.32 Å². The molecule has 0 heterocycles. The fourth-order valence-corrected chi connectivity index (χ4v) is 3.65. The van der Waals surface area contributed by atoms with E-state index in [2.05, 4.69) is 5.32 Å². The van der Waals surface area contributed by atoms with Crippen LogP contribution in [-0.2, 0) is 10.2 Å². The molecule has 2 fully saturated rings. The van der Waals surface area contributed by atoms with E-state index < -0.39 is 0 Å². The van der Waals surface area contributed by atoms with E-state index in [0.29, 0.717) is 17.5 Å². The zero-order valence-corrected chi connectivity index (χ0v) is 14.2. The molecule has 1 N–H and O–H groups in total. The van der Waals surface area contributed by atoms with Crippen molar-refractivity contribution in [3.8, 4) is 11.5 Å². The highest BCUT2D eigenvalue weighted by molar-refractivity contribution is 5.91. The second-order valence-corrected chi connectivity index (χ2v) is 6.81. The summed E-state index contributed by atoms with van der Waals surface area (Å²) in [5, 5.41) is 3.32. The van der Waals surface area contributed by atoms with Crippen molar-refractivity contribution in [2.75, 3.05) is 14.2 Å². The van der Waals surface area contributed by atoms with Crippen LogP contribution in [0.1, 0.15) is 56.9 Å². The first-order valence-electron chi connectivity index (χ1n) is 8.73. The van der Waals surface area contributed by atoms with Gasteiger partial charge in [-0.3, -0.25) is 4.79 Å². The van der Waals surface area contributed by atoms with Crippen molar-refractivity contribution < 1.29 is 14.3 Å². The van der Waals surface area contributed by atoms with Crippen LogP contribution in [0.5, 0.6) is 11.5 Å². The van der Waals surface area contributed by atoms with E-state index in [9.17, 15) is 4.79 Å². The standard InChI is InChI=1S/C19H27NO3/c1-22-16-10-9-14(13-17(16)23-2)19(11-12-19)18(21)20-15-7-5-3-4-6-8-15/h9-10,13,15H,3-8,11-12H2,1-2H3,(H,20,21). The molecule has 0 saturated heterocycles. The van der Waals surface area contributed by atoms with Gasteiger partial charge in [0.05, 0.1) is 19.6 Å². The zero-order chi connectivity index (χ0) is 16.3. The van der Waals surface area contributed by atoms with Gasteiger partial charge in [-0.1, -0.05) is 31.7 Å². The predicted octanol–water partition coefficient (Wildman–Crippen LogP) is 3.57. The van der Waals surface area contributed by atoms with Crippen LogP contribution < -0.4 is 14.8 Å². The molecule has 1 aromatic rings. The molecule has 2 saturated carbocycles. The molecule has 126 valence electrons. The number of carbonyl (C=O) groups excluding carboxylic acids is 1. The Morgan fingerprint density at radius 1 is 1.04 bits per heavy atom. The SMILES string of the molecule is COc1ccc(C2(C(=O)NC3CCCCCC3)CC2)cc1OC. The fraction of sp³-hybridized carbons (Fsp3) is 0.632. The van der Waals surface area contributed by atoms with Gasteiger partial charge < -0.3 is 14.8 Å². The topological polar surface area (TPSA) is 47.6 Å². The highest BCUT2D eigenvalue weighted by Crippen LogP contribution is 2.50. The van der Waals surface area contributed by atoms with E-state index in [1.165, 1.54) is 25.7 Å². The molecule has 2 aliphatic rings. The summed E-state index contributed by atoms with van der Waals surface area (Å²) in [6.07, 6.45) is 9.13. The third-order valence-electron chi connectivity index (χ3n) is 5.31. The van der Waals surface area contributed by atoms with Gasteiger partial charge in [0.15, 0.2) is 11.5 Å². The normalized spacial score (nSPS) is 20.4. The number of amides is 1. The number of methoxy groups -OCH3 is 2. The molecule has 0 unspecified atom stereocenters. The highest BCUT2D eigenvalue weighted by atomic mass is 16.5. The molecule has 4 heteroatoms. The molecule has 2 aliphatic carbocycles. The maximum absolute atomic E-state index is 12.9. The van der Waals surface area contributed by atoms with Gasteiger partial charge in [-0.15, -0.1) is 0 Å². The van der Waals surface area contributed by atoms with E-state index in [0.717, 1.165) is 31.2 Å². The van der Waals surface area contributed by atoms with Crippen molar-refractivity contribution in [3.63, 3.8) is 0 Å². The molecule has 3 rings (SSSR count). The molecule has 1 amide bonds. The van der Waals surface area contributed by atoms with Gasteiger partial charge in [0, 0.05) is 6.04 Å². The smallest absolute Gasteiger partial charge is 0.230 e. The van der Waals surface area contributed by atoms with Crippen LogP contribution >= 0.6 is 0 Å². The molecule has 0 aromatic heterocycles. The minimum absolute atomic E-state index is 0.191. The van der Waals surface area contributed by atoms with Crippen LogP contribution in [0.2, 0.25) is 0 Å². The molecule has 0 aliphatic heterocycles. The summed E-state index contributed by atoms with van der Waals surface area (Å²) in [5.41, 5.74) is 0.688. The Balaban J connectivity index is 1.74. The predicted molar refractivity (Wildman–Crippen MR) is 90.1 cm³/mol. The van der Waals surface area contributed by atoms with Crippen LogP contribution in [0.25, 0.3) is 0 Å². The number of carbonyl (C=O) groups is 1. The number of hydrogen-bond acceptors (Lipinski definition) is 3. The quantitative estimate of drug-likeness (QED) is 0.845. The third kappa shape index (κ3) is 3.31. The lowest BCUT2D eigenvalue weighted by molar-refractivity contribution is -0.124. The Morgan fingerprint density at radius 2 is 1.70 bits per heavy atom. The number of benzene rings is 1. The molecule has 23 heavy (non-hydrogen) atoms. The molecular formula is C19H27NO3. The summed E-state index contributed by atoms with van der Waals surface area (Å²) in [4.78, 5) is 12.9. The lowest BCUT2D eigenvalue weighted by Gasteiger charge is -2.22. The Bertz CT molecular complexity index is 558. The summed E-state index contributed by atoms with van der Waals surface area (Å²) in [5.74, 6) is 1.59. The molecule has 1 aromatic carbocycles. The third-order valence-corrected chi connectivity index (χ3v) is 5.31. The van der Waals surface area contributed by atoms with Crippen molar-refractivity contribution >= 4 is 5.91 Å². The van der Waals surface area contributed by atoms with Gasteiger partial charge in [0.2, 0.25) is 5.91 Å². The molecular weight excluding hydrogens is 290 g/mol. The number of nitrogens with one attached hydrogen (secondary N) is 1. The summed E-state index contributed by atoms with van der Waals surface area (Å²) < 4.78 is 10.7. The van der Waals surface area contributed by atoms with Crippen LogP contribution in [0.15, 0.2) is 18.2 Å². The molecule has 0 atom stereocenters. The fourth-order valence-electron chi connectivity index (χ4n) is 3.65. The van der Waals surface area contributed by atoms with Crippen molar-refractivity contribution in [3.05, 3.63) is 23.8 Å². The van der Waals surface area contributed by atoms with Gasteiger partial charge in [-0.05, 0) is 43.4 Å². The largest absolute Gasteiger partial charge is 0.493 e. The van der Waals surface area contributed by atoms with Crippen LogP contribution in [0.4, 0.5) is 0 Å². The number of rotatable bonds is 5. The lowest BCUT2D eigenvalue weighted by atomic mass is 9.93. The summed E-state index contributed by atoms with van der Waals surface area (Å²) in [6, 6.07) is 6.20. The molecule has 0 bridgehead atoms. The number of hydrogen-bond donors (Lipinski definition) is 1. The number of ether oxygens (including phenoxy) is 2. The molecule has 0 spiro atoms. The van der Waals surface area contributed by atoms with Crippen molar-refractivity contribution in [2.45, 2.75) is 62.8 Å². The molecule has 0 radical (unpaired) electrons. The van der Waals surface area contributed by atoms with Crippen LogP contribution in [0.3, 0.4) is 0 Å². The minimum Gasteiger partial charge on any atom is -0.493 e. The minimum atomic E-state index is -0.355. The van der Waals surface area contributed by atoms with E-state index in [1.54, 1.807) is 14.2 Å². The Labute approximate surface area is 138 Å². The summed E-state index contributed by atoms with van der Waals surface area (Å²) >= 11 is 0. The van der Waals surface area contributed by atoms with E-state index in [-0.39, 0.29) is 11.3 Å². The lowest BCUT2D eigenvalue weighted by Crippen LogP contribution is -2.41. The first kappa shape index (κ1) is 16.2. The Hall–Kier alpha value is -1.71. The molecule has 4 nitrogen and oxygen atoms in total. The Morgan fingerprint density at radius 3 is 2.26 bits per heavy atom. The maximum Gasteiger partial charge on any atom is 0.230 e. The average Bonchev–Trinajstić information content (AvgIpc) is 3.39. The van der Waals surface area contributed by atoms with Gasteiger partial charge >= 0.3 is 0 Å². The van der Waals surface area contributed by atoms with Crippen molar-refractivity contribution in [1.29, 1.82) is 0 Å².